The van der Waals surface area contributed by atoms with E-state index in [4.69, 9.17) is 5.84 Å². The lowest BCUT2D eigenvalue weighted by Crippen LogP contribution is -2.30. The van der Waals surface area contributed by atoms with Crippen molar-refractivity contribution in [3.63, 3.8) is 0 Å². The van der Waals surface area contributed by atoms with Gasteiger partial charge in [-0.2, -0.15) is 0 Å². The summed E-state index contributed by atoms with van der Waals surface area (Å²) < 4.78 is 27.4. The van der Waals surface area contributed by atoms with Crippen LogP contribution in [-0.4, -0.2) is 14.3 Å². The number of nitrogens with one attached hydrogen (secondary N) is 2. The van der Waals surface area contributed by atoms with Gasteiger partial charge in [0, 0.05) is 5.56 Å². The first-order valence-corrected chi connectivity index (χ1v) is 8.03. The van der Waals surface area contributed by atoms with Crippen molar-refractivity contribution >= 4 is 21.6 Å². The number of sulfonamides is 1. The highest BCUT2D eigenvalue weighted by Crippen LogP contribution is 2.21. The fourth-order valence-electron chi connectivity index (χ4n) is 2.02. The number of benzene rings is 2. The molecule has 0 saturated carbocycles. The number of hydrogen-bond acceptors (Lipinski definition) is 4. The van der Waals surface area contributed by atoms with Crippen molar-refractivity contribution < 1.29 is 13.2 Å². The van der Waals surface area contributed by atoms with Crippen LogP contribution in [0.1, 0.15) is 21.5 Å². The van der Waals surface area contributed by atoms with E-state index < -0.39 is 15.9 Å². The van der Waals surface area contributed by atoms with Gasteiger partial charge in [-0.1, -0.05) is 23.8 Å². The van der Waals surface area contributed by atoms with Crippen molar-refractivity contribution in [1.29, 1.82) is 0 Å². The smallest absolute Gasteiger partial charge is 0.265 e. The van der Waals surface area contributed by atoms with Crippen molar-refractivity contribution in [2.45, 2.75) is 18.7 Å². The van der Waals surface area contributed by atoms with Gasteiger partial charge in [0.15, 0.2) is 0 Å². The Kier molecular flexibility index (Phi) is 4.48. The molecule has 0 unspecified atom stereocenters. The zero-order valence-corrected chi connectivity index (χ0v) is 13.1. The summed E-state index contributed by atoms with van der Waals surface area (Å²) in [5.41, 5.74) is 4.50. The molecule has 0 bridgehead atoms. The molecule has 1 amide bonds. The second kappa shape index (κ2) is 6.17. The Hall–Kier alpha value is -2.38. The number of carbonyl (C=O) groups is 1. The standard InChI is InChI=1S/C15H17N3O3S/c1-10-6-7-14(11(2)8-10)18-22(20,21)13-5-3-4-12(9-13)15(19)17-16/h3-9,18H,16H2,1-2H3,(H,17,19). The molecule has 2 aromatic carbocycles. The van der Waals surface area contributed by atoms with Crippen LogP contribution >= 0.6 is 0 Å². The molecule has 0 atom stereocenters. The van der Waals surface area contributed by atoms with Gasteiger partial charge in [0.2, 0.25) is 0 Å². The van der Waals surface area contributed by atoms with E-state index in [-0.39, 0.29) is 10.5 Å². The minimum Gasteiger partial charge on any atom is -0.290 e. The van der Waals surface area contributed by atoms with E-state index in [1.54, 1.807) is 6.07 Å². The Bertz CT molecular complexity index is 817. The van der Waals surface area contributed by atoms with Crippen molar-refractivity contribution in [3.8, 4) is 0 Å². The third-order valence-corrected chi connectivity index (χ3v) is 4.53. The van der Waals surface area contributed by atoms with Crippen molar-refractivity contribution in [3.05, 3.63) is 59.2 Å². The van der Waals surface area contributed by atoms with E-state index in [1.165, 1.54) is 24.3 Å². The monoisotopic (exact) mass is 319 g/mol. The van der Waals surface area contributed by atoms with Gasteiger partial charge in [0.1, 0.15) is 0 Å². The summed E-state index contributed by atoms with van der Waals surface area (Å²) in [4.78, 5) is 11.5. The Morgan fingerprint density at radius 3 is 2.45 bits per heavy atom. The van der Waals surface area contributed by atoms with Crippen LogP contribution in [0.4, 0.5) is 5.69 Å². The molecule has 116 valence electrons. The third-order valence-electron chi connectivity index (χ3n) is 3.16. The van der Waals surface area contributed by atoms with E-state index in [9.17, 15) is 13.2 Å². The first-order valence-electron chi connectivity index (χ1n) is 6.54. The average molecular weight is 319 g/mol. The van der Waals surface area contributed by atoms with Crippen LogP contribution < -0.4 is 16.0 Å². The second-order valence-corrected chi connectivity index (χ2v) is 6.61. The number of anilines is 1. The molecule has 22 heavy (non-hydrogen) atoms. The number of carbonyl (C=O) groups excluding carboxylic acids is 1. The predicted molar refractivity (Wildman–Crippen MR) is 84.8 cm³/mol. The lowest BCUT2D eigenvalue weighted by molar-refractivity contribution is 0.0953. The van der Waals surface area contributed by atoms with Crippen LogP contribution in [0.2, 0.25) is 0 Å². The lowest BCUT2D eigenvalue weighted by Gasteiger charge is -2.12. The fraction of sp³-hybridized carbons (Fsp3) is 0.133. The maximum absolute atomic E-state index is 12.4. The summed E-state index contributed by atoms with van der Waals surface area (Å²) in [6.45, 7) is 3.75. The Labute approximate surface area is 129 Å². The fourth-order valence-corrected chi connectivity index (χ4v) is 3.20. The van der Waals surface area contributed by atoms with Crippen LogP contribution in [0.25, 0.3) is 0 Å². The minimum absolute atomic E-state index is 0.00595. The molecule has 0 aliphatic heterocycles. The summed E-state index contributed by atoms with van der Waals surface area (Å²) in [7, 11) is -3.78. The zero-order valence-electron chi connectivity index (χ0n) is 12.3. The van der Waals surface area contributed by atoms with Crippen LogP contribution in [0.3, 0.4) is 0 Å². The molecule has 0 aliphatic rings. The van der Waals surface area contributed by atoms with Gasteiger partial charge in [0.05, 0.1) is 10.6 Å². The number of amides is 1. The summed E-state index contributed by atoms with van der Waals surface area (Å²) in [6.07, 6.45) is 0. The Morgan fingerprint density at radius 1 is 1.09 bits per heavy atom. The van der Waals surface area contributed by atoms with Gasteiger partial charge in [-0.05, 0) is 43.7 Å². The van der Waals surface area contributed by atoms with Gasteiger partial charge in [0.25, 0.3) is 15.9 Å². The number of rotatable bonds is 4. The van der Waals surface area contributed by atoms with Crippen molar-refractivity contribution in [1.82, 2.24) is 5.43 Å². The average Bonchev–Trinajstić information content (AvgIpc) is 2.49. The van der Waals surface area contributed by atoms with Gasteiger partial charge < -0.3 is 0 Å². The predicted octanol–water partition coefficient (Wildman–Crippen LogP) is 1.71. The number of nitrogens with two attached hydrogens (primary N) is 1. The summed E-state index contributed by atoms with van der Waals surface area (Å²) in [5.74, 6) is 4.50. The molecule has 0 saturated heterocycles. The van der Waals surface area contributed by atoms with Gasteiger partial charge in [-0.3, -0.25) is 14.9 Å². The molecule has 6 nitrogen and oxygen atoms in total. The van der Waals surface area contributed by atoms with Gasteiger partial charge in [-0.15, -0.1) is 0 Å². The van der Waals surface area contributed by atoms with Crippen LogP contribution in [-0.2, 0) is 10.0 Å². The Morgan fingerprint density at radius 2 is 1.82 bits per heavy atom. The van der Waals surface area contributed by atoms with E-state index in [0.717, 1.165) is 11.1 Å². The number of hydrazine groups is 1. The van der Waals surface area contributed by atoms with E-state index in [0.29, 0.717) is 5.69 Å². The zero-order chi connectivity index (χ0) is 16.3. The highest BCUT2D eigenvalue weighted by Gasteiger charge is 2.17. The minimum atomic E-state index is -3.78. The molecule has 0 heterocycles. The quantitative estimate of drug-likeness (QED) is 0.453. The molecule has 2 aromatic rings. The molecule has 0 fully saturated rings. The van der Waals surface area contributed by atoms with E-state index in [2.05, 4.69) is 4.72 Å². The normalized spacial score (nSPS) is 11.0. The second-order valence-electron chi connectivity index (χ2n) is 4.93. The molecule has 0 aliphatic carbocycles. The van der Waals surface area contributed by atoms with Gasteiger partial charge >= 0.3 is 0 Å². The highest BCUT2D eigenvalue weighted by atomic mass is 32.2. The summed E-state index contributed by atoms with van der Waals surface area (Å²) >= 11 is 0. The molecule has 0 spiro atoms. The molecule has 2 rings (SSSR count). The van der Waals surface area contributed by atoms with Crippen LogP contribution in [0.5, 0.6) is 0 Å². The highest BCUT2D eigenvalue weighted by molar-refractivity contribution is 7.92. The maximum atomic E-state index is 12.4. The molecular weight excluding hydrogens is 302 g/mol. The first kappa shape index (κ1) is 16.0. The topological polar surface area (TPSA) is 101 Å². The number of nitrogen functional groups attached to an aromatic ring is 1. The number of hydrogen-bond donors (Lipinski definition) is 3. The first-order chi connectivity index (χ1) is 10.3. The SMILES string of the molecule is Cc1ccc(NS(=O)(=O)c2cccc(C(=O)NN)c2)c(C)c1. The lowest BCUT2D eigenvalue weighted by atomic mass is 10.1. The van der Waals surface area contributed by atoms with Crippen molar-refractivity contribution in [2.24, 2.45) is 5.84 Å². The molecule has 0 radical (unpaired) electrons. The van der Waals surface area contributed by atoms with Crippen LogP contribution in [0, 0.1) is 13.8 Å². The molecule has 4 N–H and O–H groups in total. The van der Waals surface area contributed by atoms with Crippen LogP contribution in [0.15, 0.2) is 47.4 Å². The summed E-state index contributed by atoms with van der Waals surface area (Å²) in [6, 6.07) is 11.1. The van der Waals surface area contributed by atoms with E-state index in [1.807, 2.05) is 31.4 Å². The maximum Gasteiger partial charge on any atom is 0.265 e. The third kappa shape index (κ3) is 3.44. The molecular formula is C15H17N3O3S. The largest absolute Gasteiger partial charge is 0.290 e. The Balaban J connectivity index is 2.36. The summed E-state index contributed by atoms with van der Waals surface area (Å²) in [5, 5.41) is 0. The van der Waals surface area contributed by atoms with Crippen molar-refractivity contribution in [2.75, 3.05) is 4.72 Å². The molecule has 7 heteroatoms. The van der Waals surface area contributed by atoms with E-state index >= 15 is 0 Å². The molecule has 0 aromatic heterocycles. The number of aryl methyl sites for hydroxylation is 2. The van der Waals surface area contributed by atoms with Gasteiger partial charge in [-0.25, -0.2) is 14.3 Å².